The van der Waals surface area contributed by atoms with Crippen LogP contribution in [0.3, 0.4) is 0 Å². The van der Waals surface area contributed by atoms with Crippen LogP contribution in [-0.2, 0) is 14.4 Å². The van der Waals surface area contributed by atoms with Gasteiger partial charge in [0.05, 0.1) is 23.4 Å². The fourth-order valence-electron chi connectivity index (χ4n) is 4.47. The lowest BCUT2D eigenvalue weighted by Gasteiger charge is -2.29. The lowest BCUT2D eigenvalue weighted by molar-refractivity contribution is -0.384. The van der Waals surface area contributed by atoms with Crippen molar-refractivity contribution in [2.45, 2.75) is 12.1 Å². The van der Waals surface area contributed by atoms with Crippen molar-refractivity contribution >= 4 is 40.5 Å². The van der Waals surface area contributed by atoms with Crippen LogP contribution in [0.1, 0.15) is 11.6 Å². The number of amides is 2. The Hall–Kier alpha value is -4.02. The Morgan fingerprint density at radius 1 is 1.03 bits per heavy atom. The number of hydrogen-bond donors (Lipinski definition) is 0. The highest BCUT2D eigenvalue weighted by molar-refractivity contribution is 6.31. The van der Waals surface area contributed by atoms with E-state index in [2.05, 4.69) is 0 Å². The number of nitro benzene ring substituents is 1. The van der Waals surface area contributed by atoms with Gasteiger partial charge in [0.1, 0.15) is 23.5 Å². The van der Waals surface area contributed by atoms with Gasteiger partial charge in [-0.1, -0.05) is 29.8 Å². The van der Waals surface area contributed by atoms with Crippen LogP contribution in [-0.4, -0.2) is 30.0 Å². The predicted molar refractivity (Wildman–Crippen MR) is 124 cm³/mol. The maximum Gasteiger partial charge on any atom is 0.271 e. The number of carbonyl (C=O) groups excluding carboxylic acids is 2. The molecule has 2 aliphatic heterocycles. The molecule has 0 N–H and O–H groups in total. The summed E-state index contributed by atoms with van der Waals surface area (Å²) in [6.07, 6.45) is -1.30. The zero-order valence-corrected chi connectivity index (χ0v) is 18.9. The van der Waals surface area contributed by atoms with Crippen molar-refractivity contribution in [3.63, 3.8) is 0 Å². The molecule has 2 heterocycles. The Morgan fingerprint density at radius 2 is 1.74 bits per heavy atom. The smallest absolute Gasteiger partial charge is 0.271 e. The molecule has 0 unspecified atom stereocenters. The largest absolute Gasteiger partial charge is 0.497 e. The van der Waals surface area contributed by atoms with Crippen LogP contribution in [0.25, 0.3) is 0 Å². The van der Waals surface area contributed by atoms with Crippen molar-refractivity contribution in [3.05, 3.63) is 93.2 Å². The summed E-state index contributed by atoms with van der Waals surface area (Å²) in [5, 5.41) is 12.5. The summed E-state index contributed by atoms with van der Waals surface area (Å²) in [5.41, 5.74) is 0.156. The van der Waals surface area contributed by atoms with Crippen molar-refractivity contribution in [1.29, 1.82) is 0 Å². The van der Waals surface area contributed by atoms with E-state index in [1.54, 1.807) is 18.2 Å². The number of fused-ring (bicyclic) bond motifs is 1. The Balaban J connectivity index is 1.63. The van der Waals surface area contributed by atoms with Gasteiger partial charge < -0.3 is 4.74 Å². The van der Waals surface area contributed by atoms with E-state index >= 15 is 4.39 Å². The van der Waals surface area contributed by atoms with E-state index in [0.29, 0.717) is 5.75 Å². The quantitative estimate of drug-likeness (QED) is 0.291. The number of nitro groups is 1. The van der Waals surface area contributed by atoms with Gasteiger partial charge in [0.15, 0.2) is 6.10 Å². The average Bonchev–Trinajstić information content (AvgIpc) is 3.35. The van der Waals surface area contributed by atoms with Crippen molar-refractivity contribution in [2.24, 2.45) is 5.92 Å². The maximum absolute atomic E-state index is 15.1. The zero-order chi connectivity index (χ0) is 24.9. The molecule has 5 rings (SSSR count). The fraction of sp³-hybridized carbons (Fsp3) is 0.167. The van der Waals surface area contributed by atoms with Gasteiger partial charge in [-0.15, -0.1) is 0 Å². The van der Waals surface area contributed by atoms with Gasteiger partial charge in [-0.3, -0.25) is 24.5 Å². The van der Waals surface area contributed by atoms with Gasteiger partial charge in [0.25, 0.3) is 11.6 Å². The maximum atomic E-state index is 15.1. The summed E-state index contributed by atoms with van der Waals surface area (Å²) >= 11 is 6.35. The minimum atomic E-state index is -1.30. The molecule has 3 aromatic carbocycles. The number of non-ortho nitro benzene ring substituents is 1. The highest BCUT2D eigenvalue weighted by Crippen LogP contribution is 2.50. The highest BCUT2D eigenvalue weighted by atomic mass is 35.5. The molecule has 3 atom stereocenters. The van der Waals surface area contributed by atoms with Gasteiger partial charge in [-0.2, -0.15) is 0 Å². The first kappa shape index (κ1) is 22.8. The van der Waals surface area contributed by atoms with Crippen LogP contribution in [0.4, 0.5) is 21.5 Å². The summed E-state index contributed by atoms with van der Waals surface area (Å²) in [7, 11) is 1.46. The number of methoxy groups -OCH3 is 1. The summed E-state index contributed by atoms with van der Waals surface area (Å²) < 4.78 is 20.3. The van der Waals surface area contributed by atoms with Gasteiger partial charge in [0.2, 0.25) is 5.91 Å². The summed E-state index contributed by atoms with van der Waals surface area (Å²) in [4.78, 5) is 44.6. The molecular weight excluding hydrogens is 481 g/mol. The lowest BCUT2D eigenvalue weighted by Crippen LogP contribution is -2.37. The second-order valence-electron chi connectivity index (χ2n) is 7.95. The molecule has 2 amide bonds. The van der Waals surface area contributed by atoms with E-state index in [9.17, 15) is 19.7 Å². The molecule has 0 spiro atoms. The fourth-order valence-corrected chi connectivity index (χ4v) is 4.75. The number of halogens is 2. The Morgan fingerprint density at radius 3 is 2.46 bits per heavy atom. The van der Waals surface area contributed by atoms with E-state index in [0.717, 1.165) is 9.96 Å². The number of nitrogens with zero attached hydrogens (tertiary/aromatic N) is 3. The molecule has 9 nitrogen and oxygen atoms in total. The number of hydrogen-bond acceptors (Lipinski definition) is 7. The normalized spacial score (nSPS) is 21.4. The zero-order valence-electron chi connectivity index (χ0n) is 18.1. The van der Waals surface area contributed by atoms with Crippen LogP contribution in [0.2, 0.25) is 5.02 Å². The molecule has 2 aliphatic rings. The standard InChI is InChI=1S/C24H17ClFN3O6/c1-34-16-8-3-5-13(12-16)27-23(30)20-21(19-17(25)9-4-10-18(19)26)28(35-22(20)24(27)31)14-6-2-7-15(11-14)29(32)33/h2-12,20-22H,1H3/t20-,21-,22+/m1/s1. The number of hydroxylamine groups is 1. The van der Waals surface area contributed by atoms with Gasteiger partial charge in [-0.25, -0.2) is 14.4 Å². The van der Waals surface area contributed by atoms with Crippen LogP contribution in [0.5, 0.6) is 5.75 Å². The molecule has 0 bridgehead atoms. The van der Waals surface area contributed by atoms with Crippen LogP contribution in [0, 0.1) is 21.8 Å². The molecule has 35 heavy (non-hydrogen) atoms. The molecule has 0 radical (unpaired) electrons. The number of carbonyl (C=O) groups is 2. The van der Waals surface area contributed by atoms with Gasteiger partial charge in [0, 0.05) is 28.8 Å². The van der Waals surface area contributed by atoms with Crippen molar-refractivity contribution in [2.75, 3.05) is 17.1 Å². The Bertz CT molecular complexity index is 1350. The average molecular weight is 498 g/mol. The molecule has 2 saturated heterocycles. The number of benzene rings is 3. The monoisotopic (exact) mass is 497 g/mol. The van der Waals surface area contributed by atoms with E-state index in [1.807, 2.05) is 0 Å². The van der Waals surface area contributed by atoms with Crippen molar-refractivity contribution in [3.8, 4) is 5.75 Å². The minimum absolute atomic E-state index is 0.0229. The van der Waals surface area contributed by atoms with Crippen LogP contribution < -0.4 is 14.7 Å². The van der Waals surface area contributed by atoms with Gasteiger partial charge >= 0.3 is 0 Å². The van der Waals surface area contributed by atoms with Crippen molar-refractivity contribution < 1.29 is 28.5 Å². The Labute approximate surface area is 203 Å². The first-order chi connectivity index (χ1) is 16.8. The van der Waals surface area contributed by atoms with E-state index < -0.39 is 40.6 Å². The summed E-state index contributed by atoms with van der Waals surface area (Å²) in [5.74, 6) is -2.71. The first-order valence-corrected chi connectivity index (χ1v) is 10.9. The van der Waals surface area contributed by atoms with Crippen molar-refractivity contribution in [1.82, 2.24) is 0 Å². The third-order valence-corrected chi connectivity index (χ3v) is 6.35. The van der Waals surface area contributed by atoms with Crippen LogP contribution >= 0.6 is 11.6 Å². The molecule has 11 heteroatoms. The number of anilines is 2. The summed E-state index contributed by atoms with van der Waals surface area (Å²) in [6.45, 7) is 0. The SMILES string of the molecule is COc1cccc(N2C(=O)[C@H]3[C@H](ON(c4cccc([N+](=O)[O-])c4)[C@@H]3c3c(F)cccc3Cl)C2=O)c1. The van der Waals surface area contributed by atoms with Crippen LogP contribution in [0.15, 0.2) is 66.7 Å². The summed E-state index contributed by atoms with van der Waals surface area (Å²) in [6, 6.07) is 14.7. The van der Waals surface area contributed by atoms with E-state index in [-0.39, 0.29) is 27.6 Å². The predicted octanol–water partition coefficient (Wildman–Crippen LogP) is 4.45. The third kappa shape index (κ3) is 3.67. The molecule has 2 fully saturated rings. The van der Waals surface area contributed by atoms with Gasteiger partial charge in [-0.05, 0) is 30.3 Å². The van der Waals surface area contributed by atoms with E-state index in [1.165, 1.54) is 55.6 Å². The number of ether oxygens (including phenoxy) is 1. The first-order valence-electron chi connectivity index (χ1n) is 10.5. The molecule has 3 aromatic rings. The molecule has 0 aliphatic carbocycles. The molecule has 0 aromatic heterocycles. The van der Waals surface area contributed by atoms with E-state index in [4.69, 9.17) is 21.2 Å². The topological polar surface area (TPSA) is 102 Å². The Kier molecular flexibility index (Phi) is 5.62. The molecule has 178 valence electrons. The highest BCUT2D eigenvalue weighted by Gasteiger charge is 2.61. The molecular formula is C24H17ClFN3O6. The third-order valence-electron chi connectivity index (χ3n) is 6.02. The minimum Gasteiger partial charge on any atom is -0.497 e. The second-order valence-corrected chi connectivity index (χ2v) is 8.36. The lowest BCUT2D eigenvalue weighted by atomic mass is 9.90. The number of imide groups is 1. The molecule has 0 saturated carbocycles. The number of rotatable bonds is 5. The second kappa shape index (κ2) is 8.64.